The van der Waals surface area contributed by atoms with E-state index >= 15 is 0 Å². The van der Waals surface area contributed by atoms with Crippen molar-refractivity contribution in [1.29, 1.82) is 0 Å². The van der Waals surface area contributed by atoms with Crippen LogP contribution in [0, 0.1) is 13.8 Å². The molecule has 3 heterocycles. The number of hydrogen-bond acceptors (Lipinski definition) is 6. The minimum atomic E-state index is -0.924. The summed E-state index contributed by atoms with van der Waals surface area (Å²) in [6, 6.07) is 16.5. The maximum absolute atomic E-state index is 13.6. The zero-order valence-corrected chi connectivity index (χ0v) is 19.5. The SMILES string of the molecule is Cc1sc2ncc(C(=O)N3C[C@H](C(=O)NCc4ccccc4)Oc4ccccc43)c(=O)n2c1C. The topological polar surface area (TPSA) is 93.0 Å². The van der Waals surface area contributed by atoms with Crippen molar-refractivity contribution in [2.24, 2.45) is 0 Å². The normalized spacial score (nSPS) is 15.0. The van der Waals surface area contributed by atoms with Crippen molar-refractivity contribution in [2.75, 3.05) is 11.4 Å². The number of para-hydroxylation sites is 2. The third kappa shape index (κ3) is 3.84. The molecule has 1 atom stereocenters. The van der Waals surface area contributed by atoms with Crippen LogP contribution in [0.3, 0.4) is 0 Å². The molecule has 0 bridgehead atoms. The van der Waals surface area contributed by atoms with Crippen LogP contribution in [0.15, 0.2) is 65.6 Å². The molecule has 4 aromatic rings. The number of nitrogens with zero attached hydrogens (tertiary/aromatic N) is 3. The fraction of sp³-hybridized carbons (Fsp3) is 0.200. The molecule has 0 fully saturated rings. The largest absolute Gasteiger partial charge is 0.477 e. The molecule has 1 N–H and O–H groups in total. The lowest BCUT2D eigenvalue weighted by molar-refractivity contribution is -0.127. The molecule has 2 amide bonds. The molecule has 2 aromatic heterocycles. The van der Waals surface area contributed by atoms with E-state index < -0.39 is 17.6 Å². The Morgan fingerprint density at radius 3 is 2.65 bits per heavy atom. The molecule has 0 spiro atoms. The molecule has 2 aromatic carbocycles. The summed E-state index contributed by atoms with van der Waals surface area (Å²) in [5, 5.41) is 2.87. The number of hydrogen-bond donors (Lipinski definition) is 1. The average Bonchev–Trinajstić information content (AvgIpc) is 3.16. The lowest BCUT2D eigenvalue weighted by Crippen LogP contribution is -2.51. The number of aryl methyl sites for hydroxylation is 2. The Kier molecular flexibility index (Phi) is 5.62. The Labute approximate surface area is 199 Å². The molecule has 172 valence electrons. The number of benzene rings is 2. The molecular weight excluding hydrogens is 452 g/mol. The number of rotatable bonds is 4. The Bertz CT molecular complexity index is 1460. The van der Waals surface area contributed by atoms with Gasteiger partial charge in [-0.3, -0.25) is 18.8 Å². The van der Waals surface area contributed by atoms with Gasteiger partial charge in [0.1, 0.15) is 11.3 Å². The third-order valence-corrected chi connectivity index (χ3v) is 6.94. The van der Waals surface area contributed by atoms with Gasteiger partial charge in [-0.2, -0.15) is 0 Å². The molecule has 0 aliphatic carbocycles. The number of carbonyl (C=O) groups excluding carboxylic acids is 2. The number of fused-ring (bicyclic) bond motifs is 2. The minimum absolute atomic E-state index is 0.0275. The van der Waals surface area contributed by atoms with Gasteiger partial charge in [-0.25, -0.2) is 4.98 Å². The zero-order valence-electron chi connectivity index (χ0n) is 18.6. The van der Waals surface area contributed by atoms with Crippen LogP contribution in [0.25, 0.3) is 4.96 Å². The summed E-state index contributed by atoms with van der Waals surface area (Å²) >= 11 is 1.40. The molecular formula is C25H22N4O4S. The van der Waals surface area contributed by atoms with E-state index in [2.05, 4.69) is 10.3 Å². The molecule has 34 heavy (non-hydrogen) atoms. The van der Waals surface area contributed by atoms with Crippen LogP contribution in [-0.4, -0.2) is 33.8 Å². The number of amides is 2. The highest BCUT2D eigenvalue weighted by atomic mass is 32.1. The van der Waals surface area contributed by atoms with Crippen molar-refractivity contribution in [3.05, 3.63) is 92.8 Å². The third-order valence-electron chi connectivity index (χ3n) is 5.87. The van der Waals surface area contributed by atoms with E-state index in [1.165, 1.54) is 26.8 Å². The standard InChI is InChI=1S/C25H22N4O4S/c1-15-16(2)34-25-27-13-18(24(32)29(15)25)23(31)28-14-21(33-20-11-7-6-10-19(20)28)22(30)26-12-17-8-4-3-5-9-17/h3-11,13,21H,12,14H2,1-2H3,(H,26,30)/t21-/m1/s1. The summed E-state index contributed by atoms with van der Waals surface area (Å²) < 4.78 is 7.38. The number of thiazole rings is 1. The maximum atomic E-state index is 13.6. The van der Waals surface area contributed by atoms with Gasteiger partial charge < -0.3 is 15.0 Å². The van der Waals surface area contributed by atoms with Gasteiger partial charge in [-0.1, -0.05) is 42.5 Å². The summed E-state index contributed by atoms with van der Waals surface area (Å²) in [5.74, 6) is -0.462. The Morgan fingerprint density at radius 1 is 1.12 bits per heavy atom. The van der Waals surface area contributed by atoms with Crippen LogP contribution in [0.1, 0.15) is 26.5 Å². The molecule has 0 unspecified atom stereocenters. The van der Waals surface area contributed by atoms with Crippen molar-refractivity contribution in [1.82, 2.24) is 14.7 Å². The first kappa shape index (κ1) is 21.8. The second kappa shape index (κ2) is 8.75. The zero-order chi connectivity index (χ0) is 23.8. The molecule has 5 rings (SSSR count). The summed E-state index contributed by atoms with van der Waals surface area (Å²) in [5.41, 5.74) is 1.73. The van der Waals surface area contributed by atoms with E-state index in [1.807, 2.05) is 44.2 Å². The van der Waals surface area contributed by atoms with E-state index in [1.54, 1.807) is 24.3 Å². The average molecular weight is 475 g/mol. The minimum Gasteiger partial charge on any atom is -0.477 e. The summed E-state index contributed by atoms with van der Waals surface area (Å²) in [6.07, 6.45) is 0.393. The lowest BCUT2D eigenvalue weighted by atomic mass is 10.1. The number of carbonyl (C=O) groups is 2. The molecule has 0 saturated heterocycles. The molecule has 8 nitrogen and oxygen atoms in total. The van der Waals surface area contributed by atoms with E-state index in [0.717, 1.165) is 16.1 Å². The van der Waals surface area contributed by atoms with Gasteiger partial charge in [0.05, 0.1) is 12.2 Å². The summed E-state index contributed by atoms with van der Waals surface area (Å²) in [4.78, 5) is 47.0. The first-order valence-corrected chi connectivity index (χ1v) is 11.6. The number of anilines is 1. The van der Waals surface area contributed by atoms with Gasteiger partial charge in [0, 0.05) is 23.3 Å². The van der Waals surface area contributed by atoms with Gasteiger partial charge in [-0.15, -0.1) is 11.3 Å². The molecule has 9 heteroatoms. The summed E-state index contributed by atoms with van der Waals surface area (Å²) in [7, 11) is 0. The Morgan fingerprint density at radius 2 is 1.85 bits per heavy atom. The second-order valence-electron chi connectivity index (χ2n) is 8.03. The van der Waals surface area contributed by atoms with E-state index in [4.69, 9.17) is 4.74 Å². The van der Waals surface area contributed by atoms with Gasteiger partial charge in [0.2, 0.25) is 0 Å². The monoisotopic (exact) mass is 474 g/mol. The fourth-order valence-corrected chi connectivity index (χ4v) is 4.86. The molecule has 0 saturated carbocycles. The summed E-state index contributed by atoms with van der Waals surface area (Å²) in [6.45, 7) is 4.05. The van der Waals surface area contributed by atoms with Gasteiger partial charge >= 0.3 is 0 Å². The van der Waals surface area contributed by atoms with Crippen molar-refractivity contribution < 1.29 is 14.3 Å². The van der Waals surface area contributed by atoms with Crippen LogP contribution >= 0.6 is 11.3 Å². The second-order valence-corrected chi connectivity index (χ2v) is 9.21. The lowest BCUT2D eigenvalue weighted by Gasteiger charge is -2.34. The van der Waals surface area contributed by atoms with Gasteiger partial charge in [-0.05, 0) is 31.5 Å². The van der Waals surface area contributed by atoms with Crippen LogP contribution < -0.4 is 20.5 Å². The van der Waals surface area contributed by atoms with Crippen LogP contribution in [-0.2, 0) is 11.3 Å². The van der Waals surface area contributed by atoms with Crippen LogP contribution in [0.5, 0.6) is 5.75 Å². The fourth-order valence-electron chi connectivity index (χ4n) is 3.93. The predicted octanol–water partition coefficient (Wildman–Crippen LogP) is 3.10. The van der Waals surface area contributed by atoms with Gasteiger partial charge in [0.15, 0.2) is 11.1 Å². The highest BCUT2D eigenvalue weighted by Crippen LogP contribution is 2.34. The Hall–Kier alpha value is -3.98. The highest BCUT2D eigenvalue weighted by molar-refractivity contribution is 7.17. The molecule has 1 aliphatic rings. The van der Waals surface area contributed by atoms with Crippen molar-refractivity contribution >= 4 is 33.8 Å². The van der Waals surface area contributed by atoms with Gasteiger partial charge in [0.25, 0.3) is 17.4 Å². The number of nitrogens with one attached hydrogen (secondary N) is 1. The van der Waals surface area contributed by atoms with Crippen molar-refractivity contribution in [2.45, 2.75) is 26.5 Å². The van der Waals surface area contributed by atoms with E-state index in [9.17, 15) is 14.4 Å². The van der Waals surface area contributed by atoms with E-state index in [0.29, 0.717) is 22.9 Å². The first-order valence-electron chi connectivity index (χ1n) is 10.8. The highest BCUT2D eigenvalue weighted by Gasteiger charge is 2.35. The van der Waals surface area contributed by atoms with Crippen molar-refractivity contribution in [3.8, 4) is 5.75 Å². The quantitative estimate of drug-likeness (QED) is 0.491. The Balaban J connectivity index is 1.45. The van der Waals surface area contributed by atoms with Crippen LogP contribution in [0.4, 0.5) is 5.69 Å². The predicted molar refractivity (Wildman–Crippen MR) is 130 cm³/mol. The van der Waals surface area contributed by atoms with Crippen LogP contribution in [0.2, 0.25) is 0 Å². The molecule has 0 radical (unpaired) electrons. The first-order chi connectivity index (χ1) is 16.4. The number of aromatic nitrogens is 2. The number of ether oxygens (including phenoxy) is 1. The smallest absolute Gasteiger partial charge is 0.271 e. The van der Waals surface area contributed by atoms with Crippen molar-refractivity contribution in [3.63, 3.8) is 0 Å². The maximum Gasteiger partial charge on any atom is 0.271 e. The van der Waals surface area contributed by atoms with E-state index in [-0.39, 0.29) is 18.0 Å². The molecule has 1 aliphatic heterocycles.